The van der Waals surface area contributed by atoms with Crippen molar-refractivity contribution in [2.45, 2.75) is 32.1 Å². The highest BCUT2D eigenvalue weighted by molar-refractivity contribution is 7.89. The van der Waals surface area contributed by atoms with Gasteiger partial charge in [-0.2, -0.15) is 5.10 Å². The zero-order chi connectivity index (χ0) is 13.2. The number of hydrogen-bond acceptors (Lipinski definition) is 4. The molecule has 3 N–H and O–H groups in total. The molecule has 0 saturated carbocycles. The van der Waals surface area contributed by atoms with Crippen molar-refractivity contribution in [3.05, 3.63) is 5.69 Å². The number of hydrogen-bond donors (Lipinski definition) is 2. The predicted molar refractivity (Wildman–Crippen MR) is 67.0 cm³/mol. The maximum Gasteiger partial charge on any atom is 0.246 e. The summed E-state index contributed by atoms with van der Waals surface area (Å²) in [6, 6.07) is 0. The molecule has 0 aliphatic rings. The van der Waals surface area contributed by atoms with Crippen LogP contribution in [0.15, 0.2) is 4.90 Å². The van der Waals surface area contributed by atoms with Crippen molar-refractivity contribution in [3.63, 3.8) is 0 Å². The van der Waals surface area contributed by atoms with Crippen molar-refractivity contribution < 1.29 is 8.42 Å². The monoisotopic (exact) mass is 260 g/mol. The Kier molecular flexibility index (Phi) is 4.16. The Labute approximate surface area is 102 Å². The van der Waals surface area contributed by atoms with Crippen LogP contribution in [0.5, 0.6) is 0 Å². The largest absolute Gasteiger partial charge is 0.381 e. The van der Waals surface area contributed by atoms with Gasteiger partial charge < -0.3 is 5.73 Å². The molecule has 0 fully saturated rings. The van der Waals surface area contributed by atoms with E-state index in [2.05, 4.69) is 9.82 Å². The molecule has 0 aliphatic carbocycles. The van der Waals surface area contributed by atoms with Gasteiger partial charge in [-0.1, -0.05) is 20.3 Å². The first-order valence-corrected chi connectivity index (χ1v) is 7.06. The normalized spacial score (nSPS) is 13.9. The SMILES string of the molecule is CCC(C)CNS(=O)(=O)c1c(N)nn(C)c1C. The van der Waals surface area contributed by atoms with Crippen LogP contribution < -0.4 is 10.5 Å². The Morgan fingerprint density at radius 2 is 2.12 bits per heavy atom. The van der Waals surface area contributed by atoms with E-state index in [-0.39, 0.29) is 10.7 Å². The number of aryl methyl sites for hydroxylation is 1. The first kappa shape index (κ1) is 14.0. The second kappa shape index (κ2) is 5.05. The number of anilines is 1. The minimum absolute atomic E-state index is 0.0432. The van der Waals surface area contributed by atoms with Crippen LogP contribution in [-0.2, 0) is 17.1 Å². The van der Waals surface area contributed by atoms with Crippen molar-refractivity contribution in [3.8, 4) is 0 Å². The van der Waals surface area contributed by atoms with Crippen LogP contribution in [0.2, 0.25) is 0 Å². The van der Waals surface area contributed by atoms with Crippen LogP contribution in [0.3, 0.4) is 0 Å². The highest BCUT2D eigenvalue weighted by atomic mass is 32.2. The summed E-state index contributed by atoms with van der Waals surface area (Å²) in [5.41, 5.74) is 6.16. The van der Waals surface area contributed by atoms with Gasteiger partial charge in [0.25, 0.3) is 0 Å². The molecule has 0 radical (unpaired) electrons. The third-order valence-electron chi connectivity index (χ3n) is 2.89. The van der Waals surface area contributed by atoms with E-state index in [9.17, 15) is 8.42 Å². The third kappa shape index (κ3) is 2.98. The fourth-order valence-electron chi connectivity index (χ4n) is 1.41. The number of sulfonamides is 1. The van der Waals surface area contributed by atoms with Crippen molar-refractivity contribution in [1.29, 1.82) is 0 Å². The summed E-state index contributed by atoms with van der Waals surface area (Å²) in [6.45, 7) is 6.10. The lowest BCUT2D eigenvalue weighted by Crippen LogP contribution is -2.29. The minimum atomic E-state index is -3.56. The standard InChI is InChI=1S/C10H20N4O2S/c1-5-7(2)6-12-17(15,16)9-8(3)14(4)13-10(9)11/h7,12H,5-6H2,1-4H3,(H2,11,13). The van der Waals surface area contributed by atoms with Gasteiger partial charge in [0.2, 0.25) is 10.0 Å². The van der Waals surface area contributed by atoms with Crippen molar-refractivity contribution >= 4 is 15.8 Å². The number of rotatable bonds is 5. The van der Waals surface area contributed by atoms with Gasteiger partial charge in [0.15, 0.2) is 5.82 Å². The molecule has 98 valence electrons. The van der Waals surface area contributed by atoms with E-state index in [1.54, 1.807) is 14.0 Å². The summed E-state index contributed by atoms with van der Waals surface area (Å²) >= 11 is 0. The first-order valence-electron chi connectivity index (χ1n) is 5.58. The molecule has 0 saturated heterocycles. The number of nitrogen functional groups attached to an aromatic ring is 1. The van der Waals surface area contributed by atoms with Gasteiger partial charge in [0, 0.05) is 13.6 Å². The van der Waals surface area contributed by atoms with E-state index in [1.807, 2.05) is 13.8 Å². The van der Waals surface area contributed by atoms with Crippen molar-refractivity contribution in [1.82, 2.24) is 14.5 Å². The average molecular weight is 260 g/mol. The molecule has 6 nitrogen and oxygen atoms in total. The van der Waals surface area contributed by atoms with Gasteiger partial charge >= 0.3 is 0 Å². The molecule has 0 aromatic carbocycles. The van der Waals surface area contributed by atoms with Gasteiger partial charge in [0.05, 0.1) is 5.69 Å². The Morgan fingerprint density at radius 1 is 1.53 bits per heavy atom. The molecule has 0 amide bonds. The number of nitrogens with two attached hydrogens (primary N) is 1. The molecule has 1 aromatic heterocycles. The van der Waals surface area contributed by atoms with Crippen LogP contribution in [0.4, 0.5) is 5.82 Å². The summed E-state index contributed by atoms with van der Waals surface area (Å²) in [7, 11) is -1.90. The zero-order valence-corrected chi connectivity index (χ0v) is 11.5. The predicted octanol–water partition coefficient (Wildman–Crippen LogP) is 0.635. The molecule has 7 heteroatoms. The molecule has 0 aliphatic heterocycles. The topological polar surface area (TPSA) is 90.0 Å². The van der Waals surface area contributed by atoms with Gasteiger partial charge in [-0.3, -0.25) is 4.68 Å². The summed E-state index contributed by atoms with van der Waals surface area (Å²) in [4.78, 5) is 0.0864. The molecule has 1 rings (SSSR count). The second-order valence-electron chi connectivity index (χ2n) is 4.29. The lowest BCUT2D eigenvalue weighted by atomic mass is 10.1. The average Bonchev–Trinajstić information content (AvgIpc) is 2.50. The Hall–Kier alpha value is -1.08. The van der Waals surface area contributed by atoms with Gasteiger partial charge in [-0.25, -0.2) is 13.1 Å². The van der Waals surface area contributed by atoms with E-state index < -0.39 is 10.0 Å². The van der Waals surface area contributed by atoms with Gasteiger partial charge in [-0.15, -0.1) is 0 Å². The van der Waals surface area contributed by atoms with Crippen molar-refractivity contribution in [2.24, 2.45) is 13.0 Å². The van der Waals surface area contributed by atoms with Crippen LogP contribution >= 0.6 is 0 Å². The lowest BCUT2D eigenvalue weighted by Gasteiger charge is -2.10. The third-order valence-corrected chi connectivity index (χ3v) is 4.48. The minimum Gasteiger partial charge on any atom is -0.381 e. The molecule has 1 unspecified atom stereocenters. The van der Waals surface area contributed by atoms with E-state index in [4.69, 9.17) is 5.73 Å². The Balaban J connectivity index is 2.98. The van der Waals surface area contributed by atoms with Crippen LogP contribution in [-0.4, -0.2) is 24.7 Å². The smallest absolute Gasteiger partial charge is 0.246 e. The molecule has 17 heavy (non-hydrogen) atoms. The van der Waals surface area contributed by atoms with Crippen LogP contribution in [0.25, 0.3) is 0 Å². The second-order valence-corrected chi connectivity index (χ2v) is 5.99. The maximum absolute atomic E-state index is 12.1. The summed E-state index contributed by atoms with van der Waals surface area (Å²) in [5.74, 6) is 0.338. The highest BCUT2D eigenvalue weighted by Gasteiger charge is 2.24. The fraction of sp³-hybridized carbons (Fsp3) is 0.700. The molecule has 0 spiro atoms. The Bertz CT molecular complexity index is 493. The zero-order valence-electron chi connectivity index (χ0n) is 10.7. The molecule has 0 bridgehead atoms. The fourth-order valence-corrected chi connectivity index (χ4v) is 2.90. The maximum atomic E-state index is 12.1. The highest BCUT2D eigenvalue weighted by Crippen LogP contribution is 2.20. The van der Waals surface area contributed by atoms with E-state index in [0.717, 1.165) is 6.42 Å². The van der Waals surface area contributed by atoms with Crippen molar-refractivity contribution in [2.75, 3.05) is 12.3 Å². The number of aromatic nitrogens is 2. The Morgan fingerprint density at radius 3 is 2.53 bits per heavy atom. The molecule has 1 aromatic rings. The summed E-state index contributed by atoms with van der Waals surface area (Å²) < 4.78 is 28.2. The quantitative estimate of drug-likeness (QED) is 0.812. The number of nitrogens with zero attached hydrogens (tertiary/aromatic N) is 2. The van der Waals surface area contributed by atoms with Crippen LogP contribution in [0.1, 0.15) is 26.0 Å². The van der Waals surface area contributed by atoms with E-state index in [1.165, 1.54) is 4.68 Å². The summed E-state index contributed by atoms with van der Waals surface area (Å²) in [5, 5.41) is 3.90. The molecule has 1 atom stereocenters. The lowest BCUT2D eigenvalue weighted by molar-refractivity contribution is 0.528. The van der Waals surface area contributed by atoms with E-state index in [0.29, 0.717) is 18.2 Å². The van der Waals surface area contributed by atoms with E-state index >= 15 is 0 Å². The van der Waals surface area contributed by atoms with Gasteiger partial charge in [-0.05, 0) is 12.8 Å². The molecule has 1 heterocycles. The molecular formula is C10H20N4O2S. The molecular weight excluding hydrogens is 240 g/mol. The van der Waals surface area contributed by atoms with Gasteiger partial charge in [0.1, 0.15) is 4.90 Å². The summed E-state index contributed by atoms with van der Waals surface area (Å²) in [6.07, 6.45) is 0.921. The van der Waals surface area contributed by atoms with Crippen LogP contribution in [0, 0.1) is 12.8 Å². The first-order chi connectivity index (χ1) is 7.79. The number of nitrogens with one attached hydrogen (secondary N) is 1.